The van der Waals surface area contributed by atoms with Gasteiger partial charge in [-0.2, -0.15) is 0 Å². The van der Waals surface area contributed by atoms with Crippen LogP contribution in [-0.2, 0) is 4.79 Å². The lowest BCUT2D eigenvalue weighted by molar-refractivity contribution is -0.420. The van der Waals surface area contributed by atoms with Crippen LogP contribution in [0, 0.1) is 10.1 Å². The van der Waals surface area contributed by atoms with Gasteiger partial charge in [0, 0.05) is 31.3 Å². The van der Waals surface area contributed by atoms with E-state index >= 15 is 0 Å². The van der Waals surface area contributed by atoms with Crippen molar-refractivity contribution in [2.24, 2.45) is 0 Å². The second kappa shape index (κ2) is 7.47. The number of ketones is 1. The molecule has 0 aromatic carbocycles. The van der Waals surface area contributed by atoms with Crippen LogP contribution in [0.1, 0.15) is 32.6 Å². The van der Waals surface area contributed by atoms with Crippen LogP contribution >= 0.6 is 23.4 Å². The quantitative estimate of drug-likeness (QED) is 0.273. The van der Waals surface area contributed by atoms with Gasteiger partial charge >= 0.3 is 5.70 Å². The zero-order chi connectivity index (χ0) is 15.4. The Balaban J connectivity index is 2.23. The van der Waals surface area contributed by atoms with Crippen molar-refractivity contribution in [3.05, 3.63) is 20.8 Å². The lowest BCUT2D eigenvalue weighted by Crippen LogP contribution is -2.47. The van der Waals surface area contributed by atoms with E-state index in [-0.39, 0.29) is 29.4 Å². The van der Waals surface area contributed by atoms with Gasteiger partial charge in [0.1, 0.15) is 0 Å². The van der Waals surface area contributed by atoms with Gasteiger partial charge in [-0.1, -0.05) is 18.7 Å². The third kappa shape index (κ3) is 3.90. The fourth-order valence-corrected chi connectivity index (χ4v) is 4.12. The van der Waals surface area contributed by atoms with E-state index in [9.17, 15) is 14.9 Å². The Hall–Kier alpha value is -0.790. The number of carbonyl (C=O) groups is 1. The van der Waals surface area contributed by atoms with Crippen molar-refractivity contribution < 1.29 is 9.72 Å². The predicted octanol–water partition coefficient (Wildman–Crippen LogP) is 2.17. The molecule has 2 fully saturated rings. The highest BCUT2D eigenvalue weighted by molar-refractivity contribution is 8.03. The van der Waals surface area contributed by atoms with E-state index in [0.29, 0.717) is 18.0 Å². The van der Waals surface area contributed by atoms with E-state index in [2.05, 4.69) is 5.32 Å². The van der Waals surface area contributed by atoms with Crippen molar-refractivity contribution in [3.63, 3.8) is 0 Å². The van der Waals surface area contributed by atoms with Gasteiger partial charge in [0.05, 0.1) is 10.4 Å². The van der Waals surface area contributed by atoms with Gasteiger partial charge in [-0.3, -0.25) is 20.2 Å². The van der Waals surface area contributed by atoms with E-state index < -0.39 is 4.92 Å². The summed E-state index contributed by atoms with van der Waals surface area (Å²) in [6.45, 7) is 3.30. The van der Waals surface area contributed by atoms with Crippen molar-refractivity contribution in [2.75, 3.05) is 18.8 Å². The molecule has 2 aliphatic heterocycles. The summed E-state index contributed by atoms with van der Waals surface area (Å²) >= 11 is 7.44. The molecule has 0 aromatic rings. The second-order valence-corrected chi connectivity index (χ2v) is 6.84. The van der Waals surface area contributed by atoms with Gasteiger partial charge < -0.3 is 4.90 Å². The van der Waals surface area contributed by atoms with E-state index in [1.807, 2.05) is 11.8 Å². The van der Waals surface area contributed by atoms with Crippen LogP contribution in [0.5, 0.6) is 0 Å². The zero-order valence-corrected chi connectivity index (χ0v) is 13.6. The molecule has 2 atom stereocenters. The Bertz CT molecular complexity index is 450. The Labute approximate surface area is 133 Å². The molecule has 0 amide bonds. The molecule has 8 heteroatoms. The minimum Gasteiger partial charge on any atom is -0.356 e. The molecule has 2 aliphatic rings. The monoisotopic (exact) mass is 333 g/mol. The number of nitrogens with one attached hydrogen (secondary N) is 1. The first-order valence-corrected chi connectivity index (χ1v) is 8.65. The van der Waals surface area contributed by atoms with E-state index in [4.69, 9.17) is 11.6 Å². The van der Waals surface area contributed by atoms with Gasteiger partial charge in [-0.15, -0.1) is 11.6 Å². The highest BCUT2D eigenvalue weighted by Crippen LogP contribution is 2.35. The third-order valence-corrected chi connectivity index (χ3v) is 5.19. The summed E-state index contributed by atoms with van der Waals surface area (Å²) in [4.78, 5) is 24.9. The minimum atomic E-state index is -0.515. The summed E-state index contributed by atoms with van der Waals surface area (Å²) in [5.74, 6) is 0.420. The maximum atomic E-state index is 12.1. The molecule has 2 rings (SSSR count). The first-order chi connectivity index (χ1) is 10.0. The molecule has 21 heavy (non-hydrogen) atoms. The van der Waals surface area contributed by atoms with Crippen LogP contribution in [0.2, 0.25) is 0 Å². The minimum absolute atomic E-state index is 0.0272. The van der Waals surface area contributed by atoms with Gasteiger partial charge in [-0.25, -0.2) is 0 Å². The Kier molecular flexibility index (Phi) is 5.89. The number of hydrogen-bond acceptors (Lipinski definition) is 6. The molecule has 2 saturated heterocycles. The molecular formula is C13H20ClN3O3S. The van der Waals surface area contributed by atoms with Crippen molar-refractivity contribution in [1.29, 1.82) is 0 Å². The van der Waals surface area contributed by atoms with Crippen LogP contribution in [0.3, 0.4) is 0 Å². The number of thioether (sulfide) groups is 1. The molecule has 0 spiro atoms. The number of hydrogen-bond donors (Lipinski definition) is 1. The fraction of sp³-hybridized carbons (Fsp3) is 0.769. The van der Waals surface area contributed by atoms with Gasteiger partial charge in [0.25, 0.3) is 0 Å². The van der Waals surface area contributed by atoms with Gasteiger partial charge in [-0.05, 0) is 19.3 Å². The van der Waals surface area contributed by atoms with Crippen LogP contribution in [0.15, 0.2) is 10.7 Å². The van der Waals surface area contributed by atoms with Crippen molar-refractivity contribution in [2.45, 2.75) is 44.1 Å². The summed E-state index contributed by atoms with van der Waals surface area (Å²) in [5.41, 5.74) is -0.256. The zero-order valence-electron chi connectivity index (χ0n) is 12.0. The van der Waals surface area contributed by atoms with Gasteiger partial charge in [0.2, 0.25) is 5.78 Å². The number of piperidine rings is 1. The maximum absolute atomic E-state index is 12.1. The van der Waals surface area contributed by atoms with Crippen LogP contribution in [-0.4, -0.2) is 46.0 Å². The molecule has 2 unspecified atom stereocenters. The van der Waals surface area contributed by atoms with Crippen molar-refractivity contribution in [3.8, 4) is 0 Å². The molecule has 1 N–H and O–H groups in total. The average Bonchev–Trinajstić information content (AvgIpc) is 2.88. The molecule has 0 saturated carbocycles. The molecule has 0 aromatic heterocycles. The Morgan fingerprint density at radius 1 is 1.57 bits per heavy atom. The van der Waals surface area contributed by atoms with E-state index in [1.54, 1.807) is 0 Å². The third-order valence-electron chi connectivity index (χ3n) is 3.73. The Morgan fingerprint density at radius 3 is 2.90 bits per heavy atom. The topological polar surface area (TPSA) is 75.5 Å². The molecular weight excluding hydrogens is 314 g/mol. The summed E-state index contributed by atoms with van der Waals surface area (Å²) in [6.07, 6.45) is 2.56. The summed E-state index contributed by atoms with van der Waals surface area (Å²) < 4.78 is 0. The summed E-state index contributed by atoms with van der Waals surface area (Å²) in [5, 5.41) is 15.1. The number of Topliss-reactive ketones (excluding diaryl/α,β-unsaturated/α-hetero) is 1. The lowest BCUT2D eigenvalue weighted by atomic mass is 10.1. The average molecular weight is 334 g/mol. The van der Waals surface area contributed by atoms with E-state index in [0.717, 1.165) is 25.1 Å². The SMILES string of the molecule is CCCC(=O)/C(=C1/SCCN1C1CCC(Cl)NC1)[N+](=O)[O-]. The largest absolute Gasteiger partial charge is 0.356 e. The highest BCUT2D eigenvalue weighted by atomic mass is 35.5. The number of halogens is 1. The number of carbonyl (C=O) groups excluding carboxylic acids is 1. The number of nitrogens with zero attached hydrogens (tertiary/aromatic N) is 2. The first-order valence-electron chi connectivity index (χ1n) is 7.23. The normalized spacial score (nSPS) is 28.6. The second-order valence-electron chi connectivity index (χ2n) is 5.23. The smallest absolute Gasteiger partial charge is 0.341 e. The fourth-order valence-electron chi connectivity index (χ4n) is 2.70. The standard InChI is InChI=1S/C13H20ClN3O3S/c1-2-3-10(18)12(17(19)20)13-16(6-7-21-13)9-4-5-11(14)15-8-9/h9,11,15H,2-8H2,1H3/b13-12-. The van der Waals surface area contributed by atoms with Crippen molar-refractivity contribution >= 4 is 29.1 Å². The van der Waals surface area contributed by atoms with Crippen LogP contribution < -0.4 is 5.32 Å². The van der Waals surface area contributed by atoms with Crippen LogP contribution in [0.4, 0.5) is 0 Å². The number of rotatable bonds is 5. The van der Waals surface area contributed by atoms with Gasteiger partial charge in [0.15, 0.2) is 5.03 Å². The molecule has 2 heterocycles. The van der Waals surface area contributed by atoms with Crippen LogP contribution in [0.25, 0.3) is 0 Å². The molecule has 0 bridgehead atoms. The molecule has 118 valence electrons. The van der Waals surface area contributed by atoms with Crippen molar-refractivity contribution in [1.82, 2.24) is 10.2 Å². The Morgan fingerprint density at radius 2 is 2.33 bits per heavy atom. The number of alkyl halides is 1. The maximum Gasteiger partial charge on any atom is 0.341 e. The summed E-state index contributed by atoms with van der Waals surface area (Å²) in [7, 11) is 0. The molecule has 0 aliphatic carbocycles. The lowest BCUT2D eigenvalue weighted by Gasteiger charge is -2.34. The highest BCUT2D eigenvalue weighted by Gasteiger charge is 2.37. The number of allylic oxidation sites excluding steroid dienone is 1. The first kappa shape index (κ1) is 16.6. The number of nitro groups is 1. The predicted molar refractivity (Wildman–Crippen MR) is 83.8 cm³/mol. The molecule has 6 nitrogen and oxygen atoms in total. The summed E-state index contributed by atoms with van der Waals surface area (Å²) in [6, 6.07) is 0.175. The molecule has 0 radical (unpaired) electrons. The van der Waals surface area contributed by atoms with E-state index in [1.165, 1.54) is 11.8 Å².